The Morgan fingerprint density at radius 1 is 0.679 bits per heavy atom. The van der Waals surface area contributed by atoms with Crippen molar-refractivity contribution in [2.24, 2.45) is 0 Å². The molecule has 0 N–H and O–H groups in total. The third-order valence-corrected chi connectivity index (χ3v) is 12.3. The van der Waals surface area contributed by atoms with Gasteiger partial charge < -0.3 is 0 Å². The van der Waals surface area contributed by atoms with Crippen molar-refractivity contribution < 1.29 is 9.21 Å². The van der Waals surface area contributed by atoms with Crippen molar-refractivity contribution in [3.63, 3.8) is 0 Å². The topological polar surface area (TPSA) is 30.2 Å². The van der Waals surface area contributed by atoms with Crippen LogP contribution in [0.5, 0.6) is 0 Å². The number of halogens is 1. The standard InChI is InChI=1S/C24H20ClO2P/c25-28(22-10-4-1-5-11-22,23-12-6-2-7-13-23,24-14-8-3-9-15-24)19-21-17-16-20(18-26)27-21/h1-18H,19H2. The molecule has 1 aromatic heterocycles. The number of aldehydes is 1. The Kier molecular flexibility index (Phi) is 4.93. The molecule has 3 aromatic carbocycles. The number of hydrogen-bond acceptors (Lipinski definition) is 2. The van der Waals surface area contributed by atoms with Crippen LogP contribution in [0.15, 0.2) is 108 Å². The molecule has 0 aliphatic carbocycles. The van der Waals surface area contributed by atoms with Gasteiger partial charge in [0, 0.05) is 0 Å². The molecule has 0 unspecified atom stereocenters. The summed E-state index contributed by atoms with van der Waals surface area (Å²) in [4.78, 5) is 11.2. The van der Waals surface area contributed by atoms with Crippen molar-refractivity contribution in [2.75, 3.05) is 0 Å². The Bertz CT molecular complexity index is 976. The van der Waals surface area contributed by atoms with Gasteiger partial charge in [0.05, 0.1) is 0 Å². The van der Waals surface area contributed by atoms with E-state index >= 15 is 0 Å². The van der Waals surface area contributed by atoms with Crippen LogP contribution in [0.4, 0.5) is 0 Å². The summed E-state index contributed by atoms with van der Waals surface area (Å²) < 4.78 is 5.80. The molecule has 0 atom stereocenters. The Balaban J connectivity index is 2.07. The van der Waals surface area contributed by atoms with Gasteiger partial charge in [0.15, 0.2) is 0 Å². The quantitative estimate of drug-likeness (QED) is 0.322. The van der Waals surface area contributed by atoms with Crippen molar-refractivity contribution in [1.29, 1.82) is 0 Å². The van der Waals surface area contributed by atoms with E-state index < -0.39 is 5.96 Å². The van der Waals surface area contributed by atoms with Crippen LogP contribution in [0.2, 0.25) is 0 Å². The number of hydrogen-bond donors (Lipinski definition) is 0. The van der Waals surface area contributed by atoms with Crippen LogP contribution >= 0.6 is 17.2 Å². The fraction of sp³-hybridized carbons (Fsp3) is 0.0417. The number of furan rings is 1. The molecular weight excluding hydrogens is 387 g/mol. The second-order valence-electron chi connectivity index (χ2n) is 6.77. The SMILES string of the molecule is O=Cc1ccc(CP(Cl)(c2ccccc2)(c2ccccc2)c2ccccc2)o1. The van der Waals surface area contributed by atoms with Crippen molar-refractivity contribution in [3.05, 3.63) is 115 Å². The molecule has 1 heterocycles. The molecule has 4 aromatic rings. The second kappa shape index (κ2) is 7.39. The van der Waals surface area contributed by atoms with Crippen molar-refractivity contribution in [1.82, 2.24) is 0 Å². The van der Waals surface area contributed by atoms with E-state index in [9.17, 15) is 4.79 Å². The van der Waals surface area contributed by atoms with E-state index in [1.54, 1.807) is 6.07 Å². The molecule has 0 fully saturated rings. The van der Waals surface area contributed by atoms with Gasteiger partial charge in [0.25, 0.3) is 0 Å². The summed E-state index contributed by atoms with van der Waals surface area (Å²) in [5, 5.41) is 3.20. The van der Waals surface area contributed by atoms with E-state index in [4.69, 9.17) is 15.7 Å². The summed E-state index contributed by atoms with van der Waals surface area (Å²) in [6, 6.07) is 34.2. The first-order valence-corrected chi connectivity index (χ1v) is 12.4. The fourth-order valence-electron chi connectivity index (χ4n) is 3.77. The molecule has 2 nitrogen and oxygen atoms in total. The van der Waals surface area contributed by atoms with Crippen LogP contribution in [0, 0.1) is 0 Å². The van der Waals surface area contributed by atoms with E-state index in [2.05, 4.69) is 36.4 Å². The molecule has 0 saturated carbocycles. The van der Waals surface area contributed by atoms with Crippen LogP contribution in [-0.2, 0) is 6.16 Å². The number of carbonyl (C=O) groups is 1. The van der Waals surface area contributed by atoms with Crippen LogP contribution in [0.1, 0.15) is 16.3 Å². The molecule has 0 spiro atoms. The number of carbonyl (C=O) groups excluding carboxylic acids is 1. The van der Waals surface area contributed by atoms with Crippen LogP contribution in [-0.4, -0.2) is 6.29 Å². The van der Waals surface area contributed by atoms with Gasteiger partial charge in [0.2, 0.25) is 0 Å². The van der Waals surface area contributed by atoms with Gasteiger partial charge in [-0.25, -0.2) is 0 Å². The third kappa shape index (κ3) is 2.99. The zero-order valence-corrected chi connectivity index (χ0v) is 16.9. The van der Waals surface area contributed by atoms with Gasteiger partial charge in [-0.3, -0.25) is 0 Å². The molecule has 0 bridgehead atoms. The van der Waals surface area contributed by atoms with Crippen molar-refractivity contribution in [3.8, 4) is 0 Å². The number of benzene rings is 3. The van der Waals surface area contributed by atoms with E-state index in [0.29, 0.717) is 17.7 Å². The van der Waals surface area contributed by atoms with Crippen LogP contribution < -0.4 is 15.9 Å². The van der Waals surface area contributed by atoms with Gasteiger partial charge in [-0.2, -0.15) is 0 Å². The summed E-state index contributed by atoms with van der Waals surface area (Å²) >= 11 is 7.94. The van der Waals surface area contributed by atoms with Crippen LogP contribution in [0.25, 0.3) is 0 Å². The minimum absolute atomic E-state index is 0.311. The monoisotopic (exact) mass is 406 g/mol. The zero-order valence-electron chi connectivity index (χ0n) is 15.2. The average Bonchev–Trinajstić information content (AvgIpc) is 3.23. The molecule has 0 aliphatic heterocycles. The molecule has 0 radical (unpaired) electrons. The Morgan fingerprint density at radius 2 is 1.11 bits per heavy atom. The van der Waals surface area contributed by atoms with Gasteiger partial charge in [0.1, 0.15) is 0 Å². The average molecular weight is 407 g/mol. The van der Waals surface area contributed by atoms with Gasteiger partial charge in [-0.05, 0) is 0 Å². The second-order valence-corrected chi connectivity index (χ2v) is 13.2. The predicted molar refractivity (Wildman–Crippen MR) is 119 cm³/mol. The summed E-state index contributed by atoms with van der Waals surface area (Å²) in [5.41, 5.74) is 0. The summed E-state index contributed by atoms with van der Waals surface area (Å²) in [6.07, 6.45) is 1.21. The maximum absolute atomic E-state index is 11.2. The minimum atomic E-state index is -3.42. The van der Waals surface area contributed by atoms with Gasteiger partial charge >= 0.3 is 169 Å². The Morgan fingerprint density at radius 3 is 1.46 bits per heavy atom. The zero-order chi connectivity index (χ0) is 19.5. The molecule has 0 amide bonds. The van der Waals surface area contributed by atoms with E-state index in [-0.39, 0.29) is 0 Å². The molecule has 0 saturated heterocycles. The first-order valence-electron chi connectivity index (χ1n) is 9.08. The van der Waals surface area contributed by atoms with Crippen molar-refractivity contribution >= 4 is 39.4 Å². The summed E-state index contributed by atoms with van der Waals surface area (Å²) in [7, 11) is 0. The first kappa shape index (κ1) is 18.7. The van der Waals surface area contributed by atoms with Gasteiger partial charge in [-0.1, -0.05) is 0 Å². The Hall–Kier alpha value is -2.67. The Labute approximate surface area is 169 Å². The van der Waals surface area contributed by atoms with E-state index in [1.807, 2.05) is 60.7 Å². The molecule has 28 heavy (non-hydrogen) atoms. The van der Waals surface area contributed by atoms with Crippen LogP contribution in [0.3, 0.4) is 0 Å². The molecule has 140 valence electrons. The summed E-state index contributed by atoms with van der Waals surface area (Å²) in [6.45, 7) is 0. The normalized spacial score (nSPS) is 12.8. The third-order valence-electron chi connectivity index (χ3n) is 5.14. The fourth-order valence-corrected chi connectivity index (χ4v) is 9.72. The number of rotatable bonds is 6. The molecular formula is C24H20ClO2P. The summed E-state index contributed by atoms with van der Waals surface area (Å²) in [5.74, 6) is -2.41. The maximum atomic E-state index is 11.2. The predicted octanol–water partition coefficient (Wildman–Crippen LogP) is 5.28. The van der Waals surface area contributed by atoms with Crippen molar-refractivity contribution in [2.45, 2.75) is 6.16 Å². The first-order chi connectivity index (χ1) is 13.6. The van der Waals surface area contributed by atoms with E-state index in [0.717, 1.165) is 22.2 Å². The van der Waals surface area contributed by atoms with E-state index in [1.165, 1.54) is 0 Å². The molecule has 4 heteroatoms. The molecule has 4 rings (SSSR count). The molecule has 0 aliphatic rings. The van der Waals surface area contributed by atoms with Gasteiger partial charge in [-0.15, -0.1) is 0 Å².